The lowest BCUT2D eigenvalue weighted by Gasteiger charge is -2.28. The van der Waals surface area contributed by atoms with Gasteiger partial charge in [-0.2, -0.15) is 4.98 Å². The van der Waals surface area contributed by atoms with Gasteiger partial charge in [-0.1, -0.05) is 66.7 Å². The molecule has 3 aromatic carbocycles. The highest BCUT2D eigenvalue weighted by molar-refractivity contribution is 7.89. The van der Waals surface area contributed by atoms with Crippen LogP contribution in [0, 0.1) is 0 Å². The van der Waals surface area contributed by atoms with Gasteiger partial charge < -0.3 is 24.5 Å². The molecule has 56 heavy (non-hydrogen) atoms. The number of imidazole rings is 1. The minimum atomic E-state index is -3.16. The van der Waals surface area contributed by atoms with Gasteiger partial charge >= 0.3 is 5.69 Å². The van der Waals surface area contributed by atoms with Crippen molar-refractivity contribution in [2.45, 2.75) is 31.3 Å². The van der Waals surface area contributed by atoms with Gasteiger partial charge in [-0.15, -0.1) is 0 Å². The number of likely N-dealkylation sites (tertiary alicyclic amines) is 1. The molecule has 1 saturated heterocycles. The summed E-state index contributed by atoms with van der Waals surface area (Å²) in [6.07, 6.45) is 5.05. The Morgan fingerprint density at radius 1 is 0.946 bits per heavy atom. The molecule has 6 aromatic rings. The number of halogens is 1. The van der Waals surface area contributed by atoms with E-state index in [0.29, 0.717) is 12.3 Å². The van der Waals surface area contributed by atoms with Crippen LogP contribution in [0.5, 0.6) is 0 Å². The monoisotopic (exact) mass is 804 g/mol. The number of ether oxygens (including phenoxy) is 1. The second-order valence-electron chi connectivity index (χ2n) is 14.3. The number of aromatic nitrogens is 5. The van der Waals surface area contributed by atoms with Crippen molar-refractivity contribution in [3.8, 4) is 0 Å². The third-order valence-electron chi connectivity index (χ3n) is 10.0. The highest BCUT2D eigenvalue weighted by atomic mass is 35.5. The first-order valence-electron chi connectivity index (χ1n) is 18.6. The number of aromatic amines is 2. The minimum Gasteiger partial charge on any atom is -0.367 e. The number of fused-ring (bicyclic) bond motifs is 2. The molecule has 0 unspecified atom stereocenters. The number of likely N-dealkylation sites (N-methyl/N-ethyl adjacent to an activating group) is 1. The van der Waals surface area contributed by atoms with E-state index in [-0.39, 0.29) is 28.3 Å². The first kappa shape index (κ1) is 42.6. The van der Waals surface area contributed by atoms with Gasteiger partial charge in [-0.3, -0.25) is 13.9 Å². The van der Waals surface area contributed by atoms with Crippen molar-refractivity contribution in [1.82, 2.24) is 38.6 Å². The number of rotatable bonds is 11. The first-order chi connectivity index (χ1) is 26.8. The summed E-state index contributed by atoms with van der Waals surface area (Å²) < 4.78 is 33.9. The maximum absolute atomic E-state index is 11.6. The van der Waals surface area contributed by atoms with E-state index >= 15 is 0 Å². The first-order valence-corrected chi connectivity index (χ1v) is 20.7. The standard InChI is InChI=1S/C17H25N3O2S.C17H21NO.C7H7ClN4O2/c1-18-23(21,22)10-7-13-3-4-17-15(11-13)16(12-19-17)14-5-8-20(2)9-6-14;1-18(2)13-14-19-17(15-9-5-3-6-10-15)16-11-7-4-8-12-16;1-11-4-3(9-6(8)10-4)5(13)12(2)7(11)14/h3-4,11-12,14,18-19H,5-10H2,1-2H3;3-12,17H,13-14H2,1-2H3;1-2H3,(H,9,10). The number of H-pyrrole nitrogens is 2. The molecule has 0 saturated carbocycles. The molecular weight excluding hydrogens is 752 g/mol. The van der Waals surface area contributed by atoms with Crippen LogP contribution in [0.3, 0.4) is 0 Å². The van der Waals surface area contributed by atoms with Gasteiger partial charge in [0.05, 0.1) is 12.4 Å². The summed E-state index contributed by atoms with van der Waals surface area (Å²) in [7, 11) is 7.52. The van der Waals surface area contributed by atoms with Crippen LogP contribution in [0.15, 0.2) is 94.6 Å². The number of nitrogens with one attached hydrogen (secondary N) is 3. The van der Waals surface area contributed by atoms with Crippen LogP contribution in [0.25, 0.3) is 22.1 Å². The molecule has 0 radical (unpaired) electrons. The van der Waals surface area contributed by atoms with E-state index in [1.807, 2.05) is 18.2 Å². The third-order valence-corrected chi connectivity index (χ3v) is 11.5. The lowest BCUT2D eigenvalue weighted by Crippen LogP contribution is -2.36. The molecule has 0 bridgehead atoms. The Kier molecular flexibility index (Phi) is 14.8. The van der Waals surface area contributed by atoms with Crippen molar-refractivity contribution in [3.05, 3.63) is 133 Å². The number of piperidine rings is 1. The lowest BCUT2D eigenvalue weighted by molar-refractivity contribution is 0.0687. The van der Waals surface area contributed by atoms with Crippen LogP contribution >= 0.6 is 11.6 Å². The molecule has 0 amide bonds. The molecular formula is C41H53ClN8O5S. The molecule has 0 atom stereocenters. The molecule has 0 spiro atoms. The maximum Gasteiger partial charge on any atom is 0.332 e. The predicted octanol–water partition coefficient (Wildman–Crippen LogP) is 5.04. The number of nitrogens with zero attached hydrogens (tertiary/aromatic N) is 5. The van der Waals surface area contributed by atoms with Crippen molar-refractivity contribution in [2.75, 3.05) is 60.2 Å². The van der Waals surface area contributed by atoms with Crippen molar-refractivity contribution in [3.63, 3.8) is 0 Å². The van der Waals surface area contributed by atoms with Crippen molar-refractivity contribution >= 4 is 43.7 Å². The zero-order valence-electron chi connectivity index (χ0n) is 33.0. The Hall–Kier alpha value is -4.57. The van der Waals surface area contributed by atoms with E-state index in [9.17, 15) is 18.0 Å². The summed E-state index contributed by atoms with van der Waals surface area (Å²) in [5, 5.41) is 1.34. The number of hydrogen-bond donors (Lipinski definition) is 3. The Bertz CT molecular complexity index is 2360. The molecule has 1 aliphatic heterocycles. The molecule has 3 aromatic heterocycles. The van der Waals surface area contributed by atoms with E-state index in [0.717, 1.165) is 41.9 Å². The zero-order valence-corrected chi connectivity index (χ0v) is 34.5. The number of aryl methyl sites for hydroxylation is 2. The molecule has 1 fully saturated rings. The van der Waals surface area contributed by atoms with E-state index in [1.54, 1.807) is 0 Å². The van der Waals surface area contributed by atoms with Crippen LogP contribution in [-0.4, -0.2) is 102 Å². The smallest absolute Gasteiger partial charge is 0.332 e. The van der Waals surface area contributed by atoms with Gasteiger partial charge in [0.25, 0.3) is 5.56 Å². The second-order valence-corrected chi connectivity index (χ2v) is 16.7. The molecule has 300 valence electrons. The van der Waals surface area contributed by atoms with Crippen LogP contribution in [0.1, 0.15) is 47.1 Å². The molecule has 3 N–H and O–H groups in total. The number of sulfonamides is 1. The topological polar surface area (TPSA) is 150 Å². The van der Waals surface area contributed by atoms with Gasteiger partial charge in [-0.25, -0.2) is 17.9 Å². The van der Waals surface area contributed by atoms with E-state index in [1.165, 1.54) is 60.6 Å². The minimum absolute atomic E-state index is 0.0161. The van der Waals surface area contributed by atoms with Crippen molar-refractivity contribution in [2.24, 2.45) is 14.1 Å². The van der Waals surface area contributed by atoms with Gasteiger partial charge in [0, 0.05) is 37.7 Å². The third kappa shape index (κ3) is 11.1. The van der Waals surface area contributed by atoms with Gasteiger partial charge in [-0.05, 0) is 112 Å². The molecule has 4 heterocycles. The summed E-state index contributed by atoms with van der Waals surface area (Å²) in [5.41, 5.74) is 5.64. The number of benzene rings is 3. The normalized spacial score (nSPS) is 13.9. The fourth-order valence-corrected chi connectivity index (χ4v) is 7.53. The largest absolute Gasteiger partial charge is 0.367 e. The molecule has 15 heteroatoms. The summed E-state index contributed by atoms with van der Waals surface area (Å²) in [6, 6.07) is 27.0. The molecule has 0 aliphatic carbocycles. The summed E-state index contributed by atoms with van der Waals surface area (Å²) in [6.45, 7) is 3.92. The van der Waals surface area contributed by atoms with Gasteiger partial charge in [0.15, 0.2) is 11.2 Å². The van der Waals surface area contributed by atoms with Crippen LogP contribution in [0.2, 0.25) is 5.28 Å². The van der Waals surface area contributed by atoms with Gasteiger partial charge in [0.1, 0.15) is 6.10 Å². The van der Waals surface area contributed by atoms with Crippen LogP contribution in [0.4, 0.5) is 0 Å². The predicted molar refractivity (Wildman–Crippen MR) is 225 cm³/mol. The summed E-state index contributed by atoms with van der Waals surface area (Å²) in [4.78, 5) is 37.3. The van der Waals surface area contributed by atoms with E-state index < -0.39 is 21.3 Å². The Morgan fingerprint density at radius 2 is 1.57 bits per heavy atom. The fourth-order valence-electron chi connectivity index (χ4n) is 6.65. The molecule has 7 rings (SSSR count). The zero-order chi connectivity index (χ0) is 40.4. The SMILES string of the molecule is CN(C)CCOC(c1ccccc1)c1ccccc1.CNS(=O)(=O)CCc1ccc2[nH]cc(C3CCN(C)CC3)c2c1.Cn1c(=O)c2[nH]c(Cl)nc2n(C)c1=O. The van der Waals surface area contributed by atoms with Crippen molar-refractivity contribution < 1.29 is 13.2 Å². The van der Waals surface area contributed by atoms with Crippen LogP contribution < -0.4 is 16.0 Å². The van der Waals surface area contributed by atoms with E-state index in [4.69, 9.17) is 16.3 Å². The molecule has 1 aliphatic rings. The Balaban J connectivity index is 0.000000166. The Labute approximate surface area is 333 Å². The average molecular weight is 805 g/mol. The lowest BCUT2D eigenvalue weighted by atomic mass is 9.89. The quantitative estimate of drug-likeness (QED) is 0.154. The summed E-state index contributed by atoms with van der Waals surface area (Å²) in [5.74, 6) is 0.722. The fraction of sp³-hybridized carbons (Fsp3) is 0.390. The average Bonchev–Trinajstić information content (AvgIpc) is 3.82. The summed E-state index contributed by atoms with van der Waals surface area (Å²) >= 11 is 5.60. The van der Waals surface area contributed by atoms with Crippen molar-refractivity contribution in [1.29, 1.82) is 0 Å². The van der Waals surface area contributed by atoms with Gasteiger partial charge in [0.2, 0.25) is 15.3 Å². The highest BCUT2D eigenvalue weighted by Gasteiger charge is 2.21. The van der Waals surface area contributed by atoms with Crippen LogP contribution in [-0.2, 0) is 35.3 Å². The second kappa shape index (κ2) is 19.5. The van der Waals surface area contributed by atoms with E-state index in [2.05, 4.69) is 117 Å². The molecule has 13 nitrogen and oxygen atoms in total. The number of hydrogen-bond acceptors (Lipinski definition) is 8. The maximum atomic E-state index is 11.6. The Morgan fingerprint density at radius 3 is 2.16 bits per heavy atom. The highest BCUT2D eigenvalue weighted by Crippen LogP contribution is 2.33.